The Labute approximate surface area is 168 Å². The SMILES string of the molecule is CC(C)c1ccc(CCC(=O)NCc2ccc(CN3CCOCC3)cc2)cc1. The van der Waals surface area contributed by atoms with E-state index in [0.29, 0.717) is 18.9 Å². The molecule has 1 N–H and O–H groups in total. The van der Waals surface area contributed by atoms with Gasteiger partial charge in [0.25, 0.3) is 0 Å². The first kappa shape index (κ1) is 20.6. The molecule has 1 fully saturated rings. The van der Waals surface area contributed by atoms with Crippen LogP contribution in [0, 0.1) is 0 Å². The van der Waals surface area contributed by atoms with Crippen LogP contribution in [-0.2, 0) is 29.0 Å². The van der Waals surface area contributed by atoms with Crippen molar-refractivity contribution in [3.05, 3.63) is 70.8 Å². The fraction of sp³-hybridized carbons (Fsp3) is 0.458. The van der Waals surface area contributed by atoms with Gasteiger partial charge >= 0.3 is 0 Å². The molecule has 0 aromatic heterocycles. The van der Waals surface area contributed by atoms with Gasteiger partial charge in [-0.05, 0) is 34.6 Å². The Balaban J connectivity index is 1.39. The van der Waals surface area contributed by atoms with Crippen molar-refractivity contribution < 1.29 is 9.53 Å². The molecule has 2 aromatic carbocycles. The summed E-state index contributed by atoms with van der Waals surface area (Å²) >= 11 is 0. The standard InChI is InChI=1S/C24H32N2O2/c1-19(2)23-10-7-20(8-11-23)9-12-24(27)25-17-21-3-5-22(6-4-21)18-26-13-15-28-16-14-26/h3-8,10-11,19H,9,12-18H2,1-2H3,(H,25,27). The smallest absolute Gasteiger partial charge is 0.220 e. The van der Waals surface area contributed by atoms with Crippen LogP contribution in [0.3, 0.4) is 0 Å². The molecule has 150 valence electrons. The molecule has 0 bridgehead atoms. The van der Waals surface area contributed by atoms with Crippen molar-refractivity contribution >= 4 is 5.91 Å². The summed E-state index contributed by atoms with van der Waals surface area (Å²) in [4.78, 5) is 14.6. The fourth-order valence-corrected chi connectivity index (χ4v) is 3.40. The van der Waals surface area contributed by atoms with Crippen molar-refractivity contribution in [3.8, 4) is 0 Å². The first-order chi connectivity index (χ1) is 13.6. The van der Waals surface area contributed by atoms with E-state index in [1.807, 2.05) is 0 Å². The Morgan fingerprint density at radius 3 is 2.21 bits per heavy atom. The van der Waals surface area contributed by atoms with Crippen LogP contribution in [-0.4, -0.2) is 37.1 Å². The van der Waals surface area contributed by atoms with Crippen molar-refractivity contribution in [2.75, 3.05) is 26.3 Å². The number of rotatable bonds is 8. The van der Waals surface area contributed by atoms with Crippen LogP contribution in [0.25, 0.3) is 0 Å². The predicted molar refractivity (Wildman–Crippen MR) is 113 cm³/mol. The molecule has 1 amide bonds. The minimum Gasteiger partial charge on any atom is -0.379 e. The molecule has 28 heavy (non-hydrogen) atoms. The molecule has 4 nitrogen and oxygen atoms in total. The Bertz CT molecular complexity index is 732. The lowest BCUT2D eigenvalue weighted by Crippen LogP contribution is -2.35. The normalized spacial score (nSPS) is 15.0. The maximum atomic E-state index is 12.2. The van der Waals surface area contributed by atoms with Gasteiger partial charge in [0.1, 0.15) is 0 Å². The van der Waals surface area contributed by atoms with Gasteiger partial charge in [0.2, 0.25) is 5.91 Å². The molecule has 0 aliphatic carbocycles. The van der Waals surface area contributed by atoms with E-state index >= 15 is 0 Å². The van der Waals surface area contributed by atoms with E-state index in [9.17, 15) is 4.79 Å². The van der Waals surface area contributed by atoms with Crippen molar-refractivity contribution in [2.45, 2.75) is 45.7 Å². The van der Waals surface area contributed by atoms with E-state index in [-0.39, 0.29) is 5.91 Å². The molecule has 4 heteroatoms. The molecule has 0 unspecified atom stereocenters. The average molecular weight is 381 g/mol. The number of ether oxygens (including phenoxy) is 1. The molecule has 3 rings (SSSR count). The number of benzene rings is 2. The third kappa shape index (κ3) is 6.47. The lowest BCUT2D eigenvalue weighted by molar-refractivity contribution is -0.121. The summed E-state index contributed by atoms with van der Waals surface area (Å²) in [6.07, 6.45) is 1.30. The third-order valence-electron chi connectivity index (χ3n) is 5.31. The van der Waals surface area contributed by atoms with E-state index in [0.717, 1.165) is 44.8 Å². The highest BCUT2D eigenvalue weighted by molar-refractivity contribution is 5.76. The average Bonchev–Trinajstić information content (AvgIpc) is 2.73. The summed E-state index contributed by atoms with van der Waals surface area (Å²) in [7, 11) is 0. The van der Waals surface area contributed by atoms with E-state index in [1.54, 1.807) is 0 Å². The molecule has 1 aliphatic heterocycles. The zero-order valence-corrected chi connectivity index (χ0v) is 17.1. The summed E-state index contributed by atoms with van der Waals surface area (Å²) in [6.45, 7) is 9.58. The number of nitrogens with one attached hydrogen (secondary N) is 1. The second-order valence-corrected chi connectivity index (χ2v) is 7.88. The molecular weight excluding hydrogens is 348 g/mol. The largest absolute Gasteiger partial charge is 0.379 e. The molecule has 1 heterocycles. The summed E-state index contributed by atoms with van der Waals surface area (Å²) in [6, 6.07) is 17.1. The Hall–Kier alpha value is -2.17. The lowest BCUT2D eigenvalue weighted by atomic mass is 10.0. The van der Waals surface area contributed by atoms with Crippen LogP contribution >= 0.6 is 0 Å². The highest BCUT2D eigenvalue weighted by Crippen LogP contribution is 2.15. The van der Waals surface area contributed by atoms with E-state index in [4.69, 9.17) is 4.74 Å². The van der Waals surface area contributed by atoms with Gasteiger partial charge in [-0.2, -0.15) is 0 Å². The number of hydrogen-bond acceptors (Lipinski definition) is 3. The van der Waals surface area contributed by atoms with Crippen molar-refractivity contribution in [2.24, 2.45) is 0 Å². The molecule has 1 aliphatic rings. The van der Waals surface area contributed by atoms with Crippen molar-refractivity contribution in [3.63, 3.8) is 0 Å². The molecule has 0 radical (unpaired) electrons. The van der Waals surface area contributed by atoms with Gasteiger partial charge in [-0.1, -0.05) is 62.4 Å². The van der Waals surface area contributed by atoms with Crippen molar-refractivity contribution in [1.82, 2.24) is 10.2 Å². The number of morpholine rings is 1. The van der Waals surface area contributed by atoms with Gasteiger partial charge in [-0.25, -0.2) is 0 Å². The van der Waals surface area contributed by atoms with Crippen LogP contribution in [0.1, 0.15) is 48.4 Å². The zero-order valence-electron chi connectivity index (χ0n) is 17.1. The first-order valence-corrected chi connectivity index (χ1v) is 10.3. The number of carbonyl (C=O) groups is 1. The number of aryl methyl sites for hydroxylation is 1. The Morgan fingerprint density at radius 2 is 1.57 bits per heavy atom. The Morgan fingerprint density at radius 1 is 0.964 bits per heavy atom. The van der Waals surface area contributed by atoms with E-state index in [2.05, 4.69) is 72.6 Å². The topological polar surface area (TPSA) is 41.6 Å². The van der Waals surface area contributed by atoms with Crippen LogP contribution in [0.5, 0.6) is 0 Å². The molecule has 0 saturated carbocycles. The van der Waals surface area contributed by atoms with Gasteiger partial charge < -0.3 is 10.1 Å². The van der Waals surface area contributed by atoms with Crippen LogP contribution in [0.4, 0.5) is 0 Å². The molecule has 1 saturated heterocycles. The van der Waals surface area contributed by atoms with Gasteiger partial charge in [0.15, 0.2) is 0 Å². The summed E-state index contributed by atoms with van der Waals surface area (Å²) in [5, 5.41) is 3.03. The fourth-order valence-electron chi connectivity index (χ4n) is 3.40. The van der Waals surface area contributed by atoms with E-state index in [1.165, 1.54) is 16.7 Å². The minimum absolute atomic E-state index is 0.102. The van der Waals surface area contributed by atoms with Gasteiger partial charge in [0.05, 0.1) is 13.2 Å². The second-order valence-electron chi connectivity index (χ2n) is 7.88. The maximum Gasteiger partial charge on any atom is 0.220 e. The third-order valence-corrected chi connectivity index (χ3v) is 5.31. The summed E-state index contributed by atoms with van der Waals surface area (Å²) in [5.41, 5.74) is 5.00. The van der Waals surface area contributed by atoms with Gasteiger partial charge in [0, 0.05) is 32.6 Å². The van der Waals surface area contributed by atoms with Crippen LogP contribution in [0.15, 0.2) is 48.5 Å². The van der Waals surface area contributed by atoms with Gasteiger partial charge in [-0.15, -0.1) is 0 Å². The monoisotopic (exact) mass is 380 g/mol. The number of nitrogens with zero attached hydrogens (tertiary/aromatic N) is 1. The molecule has 0 atom stereocenters. The second kappa shape index (κ2) is 10.4. The number of amides is 1. The Kier molecular flexibility index (Phi) is 7.63. The van der Waals surface area contributed by atoms with E-state index < -0.39 is 0 Å². The van der Waals surface area contributed by atoms with Crippen LogP contribution < -0.4 is 5.32 Å². The summed E-state index contributed by atoms with van der Waals surface area (Å²) in [5.74, 6) is 0.642. The highest BCUT2D eigenvalue weighted by atomic mass is 16.5. The molecule has 2 aromatic rings. The zero-order chi connectivity index (χ0) is 19.8. The van der Waals surface area contributed by atoms with Gasteiger partial charge in [-0.3, -0.25) is 9.69 Å². The first-order valence-electron chi connectivity index (χ1n) is 10.3. The van der Waals surface area contributed by atoms with Crippen LogP contribution in [0.2, 0.25) is 0 Å². The number of hydrogen-bond donors (Lipinski definition) is 1. The summed E-state index contributed by atoms with van der Waals surface area (Å²) < 4.78 is 5.39. The highest BCUT2D eigenvalue weighted by Gasteiger charge is 2.10. The lowest BCUT2D eigenvalue weighted by Gasteiger charge is -2.26. The predicted octanol–water partition coefficient (Wildman–Crippen LogP) is 3.89. The molecular formula is C24H32N2O2. The number of carbonyl (C=O) groups excluding carboxylic acids is 1. The van der Waals surface area contributed by atoms with Crippen molar-refractivity contribution in [1.29, 1.82) is 0 Å². The molecule has 0 spiro atoms. The maximum absolute atomic E-state index is 12.2. The minimum atomic E-state index is 0.102. The quantitative estimate of drug-likeness (QED) is 0.755.